The quantitative estimate of drug-likeness (QED) is 0.864. The number of thioether (sulfide) groups is 1. The highest BCUT2D eigenvalue weighted by Gasteiger charge is 2.19. The zero-order chi connectivity index (χ0) is 14.7. The van der Waals surface area contributed by atoms with Crippen LogP contribution in [0.3, 0.4) is 0 Å². The van der Waals surface area contributed by atoms with Gasteiger partial charge in [-0.05, 0) is 12.1 Å². The Balaban J connectivity index is 1.58. The Labute approximate surface area is 125 Å². The molecule has 1 aliphatic rings. The van der Waals surface area contributed by atoms with Crippen molar-refractivity contribution in [2.75, 3.05) is 25.4 Å². The molecule has 7 heteroatoms. The Hall–Kier alpha value is -2.02. The van der Waals surface area contributed by atoms with Gasteiger partial charge in [-0.15, -0.1) is 0 Å². The number of nitrogens with one attached hydrogen (secondary N) is 1. The molecular formula is C14H15N3O3S. The molecule has 0 bridgehead atoms. The van der Waals surface area contributed by atoms with E-state index < -0.39 is 0 Å². The third-order valence-corrected chi connectivity index (χ3v) is 4.07. The van der Waals surface area contributed by atoms with Crippen LogP contribution in [0.5, 0.6) is 0 Å². The number of oxazole rings is 1. The molecular weight excluding hydrogens is 290 g/mol. The van der Waals surface area contributed by atoms with E-state index in [1.807, 2.05) is 24.3 Å². The SMILES string of the molecule is O=C1CCN(C(=O)CSc2nc3ccccc3o2)CCN1. The fourth-order valence-electron chi connectivity index (χ4n) is 2.14. The van der Waals surface area contributed by atoms with Crippen molar-refractivity contribution in [2.24, 2.45) is 0 Å². The average Bonchev–Trinajstić information content (AvgIpc) is 2.78. The van der Waals surface area contributed by atoms with Crippen LogP contribution in [0.15, 0.2) is 33.9 Å². The molecule has 0 atom stereocenters. The molecule has 2 aromatic rings. The summed E-state index contributed by atoms with van der Waals surface area (Å²) in [5.41, 5.74) is 1.51. The highest BCUT2D eigenvalue weighted by atomic mass is 32.2. The first-order valence-electron chi connectivity index (χ1n) is 6.75. The van der Waals surface area contributed by atoms with Crippen molar-refractivity contribution in [1.82, 2.24) is 15.2 Å². The highest BCUT2D eigenvalue weighted by molar-refractivity contribution is 7.99. The molecule has 3 rings (SSSR count). The van der Waals surface area contributed by atoms with Crippen molar-refractivity contribution >= 4 is 34.7 Å². The molecule has 0 radical (unpaired) electrons. The van der Waals surface area contributed by atoms with E-state index in [0.29, 0.717) is 31.3 Å². The molecule has 0 unspecified atom stereocenters. The van der Waals surface area contributed by atoms with Crippen molar-refractivity contribution < 1.29 is 14.0 Å². The number of aromatic nitrogens is 1. The fourth-order valence-corrected chi connectivity index (χ4v) is 2.89. The Morgan fingerprint density at radius 2 is 2.24 bits per heavy atom. The van der Waals surface area contributed by atoms with Crippen LogP contribution in [0.2, 0.25) is 0 Å². The van der Waals surface area contributed by atoms with E-state index >= 15 is 0 Å². The van der Waals surface area contributed by atoms with Crippen LogP contribution in [-0.2, 0) is 9.59 Å². The number of rotatable bonds is 3. The second-order valence-electron chi connectivity index (χ2n) is 4.72. The van der Waals surface area contributed by atoms with Gasteiger partial charge in [0.05, 0.1) is 5.75 Å². The number of carbonyl (C=O) groups excluding carboxylic acids is 2. The summed E-state index contributed by atoms with van der Waals surface area (Å²) in [6.07, 6.45) is 0.360. The summed E-state index contributed by atoms with van der Waals surface area (Å²) in [6, 6.07) is 7.50. The van der Waals surface area contributed by atoms with Crippen molar-refractivity contribution in [2.45, 2.75) is 11.6 Å². The van der Waals surface area contributed by atoms with Gasteiger partial charge in [0.15, 0.2) is 5.58 Å². The smallest absolute Gasteiger partial charge is 0.257 e. The van der Waals surface area contributed by atoms with Gasteiger partial charge >= 0.3 is 0 Å². The van der Waals surface area contributed by atoms with Crippen LogP contribution in [0.4, 0.5) is 0 Å². The average molecular weight is 305 g/mol. The van der Waals surface area contributed by atoms with E-state index in [4.69, 9.17) is 4.42 Å². The molecule has 1 fully saturated rings. The van der Waals surface area contributed by atoms with Crippen molar-refractivity contribution in [3.05, 3.63) is 24.3 Å². The molecule has 1 saturated heterocycles. The van der Waals surface area contributed by atoms with Crippen LogP contribution in [-0.4, -0.2) is 47.1 Å². The lowest BCUT2D eigenvalue weighted by molar-refractivity contribution is -0.128. The second kappa shape index (κ2) is 6.17. The molecule has 1 aliphatic heterocycles. The minimum absolute atomic E-state index is 0.00115. The molecule has 1 aromatic heterocycles. The fraction of sp³-hybridized carbons (Fsp3) is 0.357. The van der Waals surface area contributed by atoms with Crippen LogP contribution in [0, 0.1) is 0 Å². The topological polar surface area (TPSA) is 75.4 Å². The Morgan fingerprint density at radius 3 is 3.10 bits per heavy atom. The first kappa shape index (κ1) is 13.9. The second-order valence-corrected chi connectivity index (χ2v) is 5.64. The molecule has 1 aromatic carbocycles. The number of amides is 2. The summed E-state index contributed by atoms with van der Waals surface area (Å²) in [5.74, 6) is 0.261. The van der Waals surface area contributed by atoms with Gasteiger partial charge in [0, 0.05) is 26.1 Å². The largest absolute Gasteiger partial charge is 0.431 e. The van der Waals surface area contributed by atoms with E-state index in [0.717, 1.165) is 11.1 Å². The number of nitrogens with zero attached hydrogens (tertiary/aromatic N) is 2. The van der Waals surface area contributed by atoms with E-state index in [1.54, 1.807) is 4.90 Å². The van der Waals surface area contributed by atoms with E-state index in [9.17, 15) is 9.59 Å². The van der Waals surface area contributed by atoms with Gasteiger partial charge in [0.25, 0.3) is 5.22 Å². The Bertz CT molecular complexity index is 637. The maximum absolute atomic E-state index is 12.1. The normalized spacial score (nSPS) is 15.8. The molecule has 0 saturated carbocycles. The molecule has 2 heterocycles. The number of hydrogen-bond acceptors (Lipinski definition) is 5. The predicted octanol–water partition coefficient (Wildman–Crippen LogP) is 1.27. The molecule has 21 heavy (non-hydrogen) atoms. The molecule has 2 amide bonds. The standard InChI is InChI=1S/C14H15N3O3S/c18-12-5-7-17(8-6-15-12)13(19)9-21-14-16-10-3-1-2-4-11(10)20-14/h1-4H,5-9H2,(H,15,18). The van der Waals surface area contributed by atoms with Gasteiger partial charge in [-0.25, -0.2) is 4.98 Å². The minimum atomic E-state index is -0.00287. The number of benzene rings is 1. The van der Waals surface area contributed by atoms with E-state index in [2.05, 4.69) is 10.3 Å². The maximum atomic E-state index is 12.1. The lowest BCUT2D eigenvalue weighted by Crippen LogP contribution is -2.35. The summed E-state index contributed by atoms with van der Waals surface area (Å²) < 4.78 is 5.56. The maximum Gasteiger partial charge on any atom is 0.257 e. The molecule has 6 nitrogen and oxygen atoms in total. The van der Waals surface area contributed by atoms with Crippen molar-refractivity contribution in [3.63, 3.8) is 0 Å². The summed E-state index contributed by atoms with van der Waals surface area (Å²) in [7, 11) is 0. The Morgan fingerprint density at radius 1 is 1.38 bits per heavy atom. The monoisotopic (exact) mass is 305 g/mol. The first-order chi connectivity index (χ1) is 10.2. The third-order valence-electron chi connectivity index (χ3n) is 3.26. The van der Waals surface area contributed by atoms with Crippen LogP contribution < -0.4 is 5.32 Å². The van der Waals surface area contributed by atoms with Crippen LogP contribution in [0.1, 0.15) is 6.42 Å². The van der Waals surface area contributed by atoms with Crippen LogP contribution in [0.25, 0.3) is 11.1 Å². The predicted molar refractivity (Wildman–Crippen MR) is 78.9 cm³/mol. The zero-order valence-corrected chi connectivity index (χ0v) is 12.2. The van der Waals surface area contributed by atoms with Gasteiger partial charge in [-0.3, -0.25) is 9.59 Å². The number of hydrogen-bond donors (Lipinski definition) is 1. The molecule has 1 N–H and O–H groups in total. The number of fused-ring (bicyclic) bond motifs is 1. The highest BCUT2D eigenvalue weighted by Crippen LogP contribution is 2.23. The summed E-state index contributed by atoms with van der Waals surface area (Å²) >= 11 is 1.28. The van der Waals surface area contributed by atoms with Gasteiger partial charge in [0.1, 0.15) is 5.52 Å². The molecule has 0 aliphatic carbocycles. The van der Waals surface area contributed by atoms with Crippen molar-refractivity contribution in [3.8, 4) is 0 Å². The van der Waals surface area contributed by atoms with Crippen molar-refractivity contribution in [1.29, 1.82) is 0 Å². The van der Waals surface area contributed by atoms with E-state index in [-0.39, 0.29) is 17.6 Å². The van der Waals surface area contributed by atoms with Gasteiger partial charge in [-0.1, -0.05) is 23.9 Å². The number of carbonyl (C=O) groups is 2. The first-order valence-corrected chi connectivity index (χ1v) is 7.74. The van der Waals surface area contributed by atoms with E-state index in [1.165, 1.54) is 11.8 Å². The Kier molecular flexibility index (Phi) is 4.10. The van der Waals surface area contributed by atoms with Crippen LogP contribution >= 0.6 is 11.8 Å². The summed E-state index contributed by atoms with van der Waals surface area (Å²) in [4.78, 5) is 29.4. The summed E-state index contributed by atoms with van der Waals surface area (Å²) in [5, 5.41) is 3.24. The lowest BCUT2D eigenvalue weighted by atomic mass is 10.3. The third kappa shape index (κ3) is 3.36. The van der Waals surface area contributed by atoms with Gasteiger partial charge in [-0.2, -0.15) is 0 Å². The minimum Gasteiger partial charge on any atom is -0.431 e. The molecule has 0 spiro atoms. The summed E-state index contributed by atoms with van der Waals surface area (Å²) in [6.45, 7) is 1.54. The van der Waals surface area contributed by atoms with Gasteiger partial charge in [0.2, 0.25) is 11.8 Å². The lowest BCUT2D eigenvalue weighted by Gasteiger charge is -2.18. The van der Waals surface area contributed by atoms with Gasteiger partial charge < -0.3 is 14.6 Å². The zero-order valence-electron chi connectivity index (χ0n) is 11.4. The number of para-hydroxylation sites is 2. The molecule has 110 valence electrons.